The van der Waals surface area contributed by atoms with Crippen LogP contribution in [0.2, 0.25) is 5.02 Å². The lowest BCUT2D eigenvalue weighted by atomic mass is 10.1. The molecule has 7 heteroatoms. The smallest absolute Gasteiger partial charge is 0.356 e. The van der Waals surface area contributed by atoms with Crippen LogP contribution in [-0.2, 0) is 14.3 Å². The molecule has 1 N–H and O–H groups in total. The predicted octanol–water partition coefficient (Wildman–Crippen LogP) is 3.56. The summed E-state index contributed by atoms with van der Waals surface area (Å²) in [5.41, 5.74) is 1.89. The summed E-state index contributed by atoms with van der Waals surface area (Å²) in [7, 11) is 1.19. The second kappa shape index (κ2) is 7.53. The summed E-state index contributed by atoms with van der Waals surface area (Å²) < 4.78 is 10.1. The second-order valence-electron chi connectivity index (χ2n) is 5.51. The summed E-state index contributed by atoms with van der Waals surface area (Å²) >= 11 is 6.10. The van der Waals surface area contributed by atoms with Crippen LogP contribution in [0.1, 0.15) is 50.7 Å². The Morgan fingerprint density at radius 2 is 1.80 bits per heavy atom. The molecule has 2 aromatic rings. The van der Waals surface area contributed by atoms with E-state index >= 15 is 0 Å². The Labute approximate surface area is 150 Å². The van der Waals surface area contributed by atoms with E-state index in [9.17, 15) is 14.4 Å². The van der Waals surface area contributed by atoms with Gasteiger partial charge >= 0.3 is 11.9 Å². The lowest BCUT2D eigenvalue weighted by molar-refractivity contribution is -0.151. The highest BCUT2D eigenvalue weighted by Crippen LogP contribution is 2.28. The molecule has 132 valence electrons. The maximum absolute atomic E-state index is 12.6. The molecule has 6 nitrogen and oxygen atoms in total. The quantitative estimate of drug-likeness (QED) is 0.648. The first kappa shape index (κ1) is 18.7. The molecule has 1 atom stereocenters. The van der Waals surface area contributed by atoms with Gasteiger partial charge in [0, 0.05) is 21.8 Å². The van der Waals surface area contributed by atoms with Crippen molar-refractivity contribution in [1.29, 1.82) is 0 Å². The molecule has 1 unspecified atom stereocenters. The highest BCUT2D eigenvalue weighted by molar-refractivity contribution is 6.31. The van der Waals surface area contributed by atoms with Crippen LogP contribution < -0.4 is 0 Å². The Morgan fingerprint density at radius 3 is 2.32 bits per heavy atom. The van der Waals surface area contributed by atoms with Gasteiger partial charge in [0.2, 0.25) is 6.10 Å². The molecule has 1 heterocycles. The third-order valence-electron chi connectivity index (χ3n) is 3.82. The number of ketones is 1. The maximum Gasteiger partial charge on any atom is 0.356 e. The van der Waals surface area contributed by atoms with E-state index in [0.29, 0.717) is 22.4 Å². The minimum absolute atomic E-state index is 0.114. The van der Waals surface area contributed by atoms with Gasteiger partial charge < -0.3 is 14.5 Å². The Hall–Kier alpha value is -2.60. The fraction of sp³-hybridized carbons (Fsp3) is 0.278. The van der Waals surface area contributed by atoms with E-state index in [1.807, 2.05) is 0 Å². The molecule has 0 amide bonds. The lowest BCUT2D eigenvalue weighted by Gasteiger charge is -2.17. The highest BCUT2D eigenvalue weighted by atomic mass is 35.5. The number of aryl methyl sites for hydroxylation is 1. The third kappa shape index (κ3) is 3.74. The van der Waals surface area contributed by atoms with Gasteiger partial charge in [0.25, 0.3) is 0 Å². The number of benzene rings is 1. The average molecular weight is 364 g/mol. The Bertz CT molecular complexity index is 840. The molecule has 1 aromatic heterocycles. The third-order valence-corrected chi connectivity index (χ3v) is 4.17. The number of carbonyl (C=O) groups is 3. The fourth-order valence-electron chi connectivity index (χ4n) is 2.68. The Morgan fingerprint density at radius 1 is 1.16 bits per heavy atom. The topological polar surface area (TPSA) is 85.5 Å². The van der Waals surface area contributed by atoms with E-state index in [0.717, 1.165) is 0 Å². The van der Waals surface area contributed by atoms with Gasteiger partial charge in [0.05, 0.1) is 7.11 Å². The van der Waals surface area contributed by atoms with Gasteiger partial charge in [0.15, 0.2) is 5.78 Å². The van der Waals surface area contributed by atoms with Crippen molar-refractivity contribution in [2.75, 3.05) is 7.11 Å². The van der Waals surface area contributed by atoms with Gasteiger partial charge in [-0.3, -0.25) is 4.79 Å². The van der Waals surface area contributed by atoms with Crippen LogP contribution in [0.5, 0.6) is 0 Å². The van der Waals surface area contributed by atoms with Gasteiger partial charge in [-0.2, -0.15) is 0 Å². The van der Waals surface area contributed by atoms with Crippen LogP contribution in [0.4, 0.5) is 0 Å². The molecule has 1 aromatic carbocycles. The maximum atomic E-state index is 12.6. The van der Waals surface area contributed by atoms with Gasteiger partial charge in [-0.15, -0.1) is 0 Å². The van der Waals surface area contributed by atoms with E-state index < -0.39 is 18.0 Å². The number of aromatic nitrogens is 1. The number of methoxy groups -OCH3 is 1. The van der Waals surface area contributed by atoms with Crippen molar-refractivity contribution in [2.24, 2.45) is 0 Å². The van der Waals surface area contributed by atoms with E-state index in [4.69, 9.17) is 21.1 Å². The monoisotopic (exact) mass is 363 g/mol. The highest BCUT2D eigenvalue weighted by Gasteiger charge is 2.30. The first-order chi connectivity index (χ1) is 11.8. The van der Waals surface area contributed by atoms with E-state index in [1.165, 1.54) is 14.0 Å². The zero-order valence-electron chi connectivity index (χ0n) is 14.3. The number of carbonyl (C=O) groups excluding carboxylic acids is 3. The van der Waals surface area contributed by atoms with Gasteiger partial charge in [-0.25, -0.2) is 9.59 Å². The van der Waals surface area contributed by atoms with Crippen LogP contribution in [0.3, 0.4) is 0 Å². The zero-order valence-corrected chi connectivity index (χ0v) is 15.1. The molecule has 0 aliphatic rings. The summed E-state index contributed by atoms with van der Waals surface area (Å²) in [6, 6.07) is 6.52. The van der Waals surface area contributed by atoms with Crippen molar-refractivity contribution in [3.8, 4) is 0 Å². The standard InChI is InChI=1S/C18H18ClNO5/c1-9-14(11(3)21)10(2)20-15(9)17(22)25-16(18(23)24-4)12-7-5-6-8-13(12)19/h5-8,16,20H,1-4H3. The number of halogens is 1. The molecular weight excluding hydrogens is 346 g/mol. The summed E-state index contributed by atoms with van der Waals surface area (Å²) in [4.78, 5) is 39.2. The first-order valence-corrected chi connectivity index (χ1v) is 7.89. The Kier molecular flexibility index (Phi) is 5.64. The molecular formula is C18H18ClNO5. The van der Waals surface area contributed by atoms with Crippen LogP contribution in [0.25, 0.3) is 0 Å². The van der Waals surface area contributed by atoms with Crippen molar-refractivity contribution in [1.82, 2.24) is 4.98 Å². The first-order valence-electron chi connectivity index (χ1n) is 7.51. The van der Waals surface area contributed by atoms with Crippen LogP contribution in [0, 0.1) is 13.8 Å². The predicted molar refractivity (Wildman–Crippen MR) is 91.9 cm³/mol. The zero-order chi connectivity index (χ0) is 18.7. The molecule has 0 fully saturated rings. The number of nitrogens with one attached hydrogen (secondary N) is 1. The number of hydrogen-bond donors (Lipinski definition) is 1. The Balaban J connectivity index is 2.39. The molecule has 25 heavy (non-hydrogen) atoms. The number of H-pyrrole nitrogens is 1. The van der Waals surface area contributed by atoms with Crippen LogP contribution >= 0.6 is 11.6 Å². The fourth-order valence-corrected chi connectivity index (χ4v) is 2.92. The molecule has 0 bridgehead atoms. The molecule has 0 aliphatic carbocycles. The lowest BCUT2D eigenvalue weighted by Crippen LogP contribution is -2.22. The minimum Gasteiger partial charge on any atom is -0.466 e. The van der Waals surface area contributed by atoms with E-state index in [2.05, 4.69) is 4.98 Å². The largest absolute Gasteiger partial charge is 0.466 e. The average Bonchev–Trinajstić information content (AvgIpc) is 2.87. The number of aromatic amines is 1. The molecule has 0 saturated heterocycles. The van der Waals surface area contributed by atoms with Crippen molar-refractivity contribution < 1.29 is 23.9 Å². The van der Waals surface area contributed by atoms with Crippen LogP contribution in [0.15, 0.2) is 24.3 Å². The number of ether oxygens (including phenoxy) is 2. The number of Topliss-reactive ketones (excluding diaryl/α,β-unsaturated/α-hetero) is 1. The summed E-state index contributed by atoms with van der Waals surface area (Å²) in [6.07, 6.45) is -1.31. The second-order valence-corrected chi connectivity index (χ2v) is 5.92. The van der Waals surface area contributed by atoms with E-state index in [-0.39, 0.29) is 16.5 Å². The van der Waals surface area contributed by atoms with E-state index in [1.54, 1.807) is 38.1 Å². The number of hydrogen-bond acceptors (Lipinski definition) is 5. The molecule has 0 aliphatic heterocycles. The van der Waals surface area contributed by atoms with Crippen molar-refractivity contribution >= 4 is 29.3 Å². The van der Waals surface area contributed by atoms with Crippen LogP contribution in [-0.4, -0.2) is 29.8 Å². The minimum atomic E-state index is -1.31. The number of rotatable bonds is 5. The summed E-state index contributed by atoms with van der Waals surface area (Å²) in [5.74, 6) is -1.70. The van der Waals surface area contributed by atoms with Crippen molar-refractivity contribution in [3.05, 3.63) is 57.4 Å². The summed E-state index contributed by atoms with van der Waals surface area (Å²) in [5, 5.41) is 0.273. The molecule has 0 saturated carbocycles. The van der Waals surface area contributed by atoms with Gasteiger partial charge in [-0.1, -0.05) is 29.8 Å². The molecule has 2 rings (SSSR count). The molecule has 0 radical (unpaired) electrons. The van der Waals surface area contributed by atoms with Crippen molar-refractivity contribution in [3.63, 3.8) is 0 Å². The SMILES string of the molecule is COC(=O)C(OC(=O)c1[nH]c(C)c(C(C)=O)c1C)c1ccccc1Cl. The summed E-state index contributed by atoms with van der Waals surface area (Å²) in [6.45, 7) is 4.74. The molecule has 0 spiro atoms. The van der Waals surface area contributed by atoms with Gasteiger partial charge in [-0.05, 0) is 32.4 Å². The van der Waals surface area contributed by atoms with Gasteiger partial charge in [0.1, 0.15) is 5.69 Å². The normalized spacial score (nSPS) is 11.7. The van der Waals surface area contributed by atoms with Crippen molar-refractivity contribution in [2.45, 2.75) is 26.9 Å². The number of esters is 2.